The van der Waals surface area contributed by atoms with Gasteiger partial charge in [-0.15, -0.1) is 0 Å². The molecule has 3 aromatic carbocycles. The molecule has 7 heteroatoms. The highest BCUT2D eigenvalue weighted by molar-refractivity contribution is 5.82. The number of para-hydroxylation sites is 1. The van der Waals surface area contributed by atoms with Crippen LogP contribution in [0.15, 0.2) is 83.9 Å². The van der Waals surface area contributed by atoms with Crippen LogP contribution in [0.1, 0.15) is 43.9 Å². The van der Waals surface area contributed by atoms with E-state index in [-0.39, 0.29) is 23.4 Å². The van der Waals surface area contributed by atoms with Crippen molar-refractivity contribution in [1.82, 2.24) is 19.8 Å². The molecule has 1 atom stereocenters. The Balaban J connectivity index is 1.30. The molecular weight excluding hydrogens is 488 g/mol. The lowest BCUT2D eigenvalue weighted by molar-refractivity contribution is -0.126. The molecule has 1 amide bonds. The summed E-state index contributed by atoms with van der Waals surface area (Å²) in [4.78, 5) is 34.1. The Bertz CT molecular complexity index is 1490. The SMILES string of the molecule is Cc1ccccc1Oc1ccc2ncn([C@@H](C(=O)NC3CCN(Cc4ccccc4)CC3)C(C)C)c(=O)c2c1. The van der Waals surface area contributed by atoms with E-state index in [9.17, 15) is 9.59 Å². The second-order valence-electron chi connectivity index (χ2n) is 10.7. The Kier molecular flexibility index (Phi) is 8.07. The number of carbonyl (C=O) groups is 1. The lowest BCUT2D eigenvalue weighted by Gasteiger charge is -2.33. The van der Waals surface area contributed by atoms with Crippen molar-refractivity contribution < 1.29 is 9.53 Å². The summed E-state index contributed by atoms with van der Waals surface area (Å²) < 4.78 is 7.53. The zero-order valence-electron chi connectivity index (χ0n) is 22.8. The molecule has 2 heterocycles. The molecule has 1 aromatic heterocycles. The number of nitrogens with zero attached hydrogens (tertiary/aromatic N) is 3. The van der Waals surface area contributed by atoms with E-state index in [1.54, 1.807) is 12.1 Å². The lowest BCUT2D eigenvalue weighted by Crippen LogP contribution is -2.48. The van der Waals surface area contributed by atoms with Crippen LogP contribution in [0.5, 0.6) is 11.5 Å². The van der Waals surface area contributed by atoms with E-state index in [0.29, 0.717) is 16.7 Å². The number of aryl methyl sites for hydroxylation is 1. The van der Waals surface area contributed by atoms with Crippen molar-refractivity contribution in [3.05, 3.63) is 101 Å². The minimum Gasteiger partial charge on any atom is -0.457 e. The summed E-state index contributed by atoms with van der Waals surface area (Å²) in [5, 5.41) is 3.66. The zero-order chi connectivity index (χ0) is 27.4. The van der Waals surface area contributed by atoms with Gasteiger partial charge in [0.2, 0.25) is 5.91 Å². The Morgan fingerprint density at radius 2 is 1.74 bits per heavy atom. The molecule has 1 fully saturated rings. The summed E-state index contributed by atoms with van der Waals surface area (Å²) >= 11 is 0. The normalized spacial score (nSPS) is 15.4. The van der Waals surface area contributed by atoms with Crippen molar-refractivity contribution in [2.24, 2.45) is 5.92 Å². The highest BCUT2D eigenvalue weighted by Gasteiger charge is 2.29. The minimum absolute atomic E-state index is 0.0870. The molecular formula is C32H36N4O3. The fourth-order valence-corrected chi connectivity index (χ4v) is 5.29. The van der Waals surface area contributed by atoms with Gasteiger partial charge in [-0.1, -0.05) is 62.4 Å². The van der Waals surface area contributed by atoms with Gasteiger partial charge in [0.1, 0.15) is 17.5 Å². The van der Waals surface area contributed by atoms with Crippen LogP contribution in [0.2, 0.25) is 0 Å². The molecule has 1 aliphatic heterocycles. The van der Waals surface area contributed by atoms with Crippen LogP contribution < -0.4 is 15.6 Å². The predicted molar refractivity (Wildman–Crippen MR) is 154 cm³/mol. The molecule has 0 saturated carbocycles. The lowest BCUT2D eigenvalue weighted by atomic mass is 10.00. The fourth-order valence-electron chi connectivity index (χ4n) is 5.29. The average molecular weight is 525 g/mol. The molecule has 5 rings (SSSR count). The van der Waals surface area contributed by atoms with E-state index in [0.717, 1.165) is 43.8 Å². The van der Waals surface area contributed by atoms with Gasteiger partial charge in [-0.05, 0) is 61.1 Å². The Labute approximate surface area is 229 Å². The van der Waals surface area contributed by atoms with Gasteiger partial charge in [0.15, 0.2) is 0 Å². The second kappa shape index (κ2) is 11.8. The topological polar surface area (TPSA) is 76.5 Å². The molecule has 0 aliphatic carbocycles. The molecule has 0 radical (unpaired) electrons. The number of aromatic nitrogens is 2. The van der Waals surface area contributed by atoms with Gasteiger partial charge in [0, 0.05) is 25.7 Å². The van der Waals surface area contributed by atoms with E-state index in [2.05, 4.69) is 39.5 Å². The number of ether oxygens (including phenoxy) is 1. The molecule has 202 valence electrons. The summed E-state index contributed by atoms with van der Waals surface area (Å²) in [5.74, 6) is 1.06. The van der Waals surface area contributed by atoms with Crippen molar-refractivity contribution in [1.29, 1.82) is 0 Å². The number of carbonyl (C=O) groups excluding carboxylic acids is 1. The largest absolute Gasteiger partial charge is 0.457 e. The summed E-state index contributed by atoms with van der Waals surface area (Å²) in [6.45, 7) is 8.66. The van der Waals surface area contributed by atoms with E-state index in [1.807, 2.05) is 57.2 Å². The molecule has 0 spiro atoms. The van der Waals surface area contributed by atoms with Crippen LogP contribution >= 0.6 is 0 Å². The maximum Gasteiger partial charge on any atom is 0.262 e. The van der Waals surface area contributed by atoms with Gasteiger partial charge in [-0.2, -0.15) is 0 Å². The van der Waals surface area contributed by atoms with E-state index >= 15 is 0 Å². The summed E-state index contributed by atoms with van der Waals surface area (Å²) in [6, 6.07) is 22.9. The molecule has 4 aromatic rings. The maximum absolute atomic E-state index is 13.6. The molecule has 39 heavy (non-hydrogen) atoms. The average Bonchev–Trinajstić information content (AvgIpc) is 2.93. The number of amides is 1. The number of nitrogens with one attached hydrogen (secondary N) is 1. The van der Waals surface area contributed by atoms with Crippen molar-refractivity contribution in [3.63, 3.8) is 0 Å². The third-order valence-electron chi connectivity index (χ3n) is 7.46. The second-order valence-corrected chi connectivity index (χ2v) is 10.7. The predicted octanol–water partition coefficient (Wildman–Crippen LogP) is 5.48. The summed E-state index contributed by atoms with van der Waals surface area (Å²) in [6.07, 6.45) is 3.26. The maximum atomic E-state index is 13.6. The zero-order valence-corrected chi connectivity index (χ0v) is 22.8. The van der Waals surface area contributed by atoms with Gasteiger partial charge < -0.3 is 10.1 Å². The van der Waals surface area contributed by atoms with Crippen LogP contribution in [0.4, 0.5) is 0 Å². The molecule has 1 saturated heterocycles. The van der Waals surface area contributed by atoms with Crippen LogP contribution in [0.25, 0.3) is 10.9 Å². The van der Waals surface area contributed by atoms with Crippen LogP contribution in [-0.4, -0.2) is 39.5 Å². The first-order valence-corrected chi connectivity index (χ1v) is 13.7. The highest BCUT2D eigenvalue weighted by atomic mass is 16.5. The first-order valence-electron chi connectivity index (χ1n) is 13.7. The number of rotatable bonds is 8. The number of hydrogen-bond acceptors (Lipinski definition) is 5. The first kappa shape index (κ1) is 26.6. The summed E-state index contributed by atoms with van der Waals surface area (Å²) in [5.41, 5.74) is 2.63. The standard InChI is InChI=1S/C32H36N4O3/c1-22(2)30(31(37)34-25-15-17-35(18-16-25)20-24-10-5-4-6-11-24)36-21-33-28-14-13-26(19-27(28)32(36)38)39-29-12-8-7-9-23(29)3/h4-14,19,21-22,25,30H,15-18,20H2,1-3H3,(H,34,37)/t30-/m1/s1. The first-order chi connectivity index (χ1) is 18.9. The van der Waals surface area contributed by atoms with E-state index in [4.69, 9.17) is 4.74 Å². The molecule has 0 bridgehead atoms. The van der Waals surface area contributed by atoms with Crippen LogP contribution in [-0.2, 0) is 11.3 Å². The third-order valence-corrected chi connectivity index (χ3v) is 7.46. The Hall–Kier alpha value is -3.97. The van der Waals surface area contributed by atoms with Crippen LogP contribution in [0, 0.1) is 12.8 Å². The summed E-state index contributed by atoms with van der Waals surface area (Å²) in [7, 11) is 0. The number of benzene rings is 3. The minimum atomic E-state index is -0.655. The smallest absolute Gasteiger partial charge is 0.262 e. The molecule has 1 N–H and O–H groups in total. The number of fused-ring (bicyclic) bond motifs is 1. The van der Waals surface area contributed by atoms with Crippen molar-refractivity contribution in [2.75, 3.05) is 13.1 Å². The van der Waals surface area contributed by atoms with Gasteiger partial charge in [0.05, 0.1) is 17.2 Å². The van der Waals surface area contributed by atoms with Gasteiger partial charge in [-0.25, -0.2) is 4.98 Å². The number of hydrogen-bond donors (Lipinski definition) is 1. The molecule has 0 unspecified atom stereocenters. The van der Waals surface area contributed by atoms with Gasteiger partial charge >= 0.3 is 0 Å². The van der Waals surface area contributed by atoms with Crippen LogP contribution in [0.3, 0.4) is 0 Å². The Morgan fingerprint density at radius 3 is 2.46 bits per heavy atom. The number of likely N-dealkylation sites (tertiary alicyclic amines) is 1. The fraction of sp³-hybridized carbons (Fsp3) is 0.344. The highest BCUT2D eigenvalue weighted by Crippen LogP contribution is 2.27. The quantitative estimate of drug-likeness (QED) is 0.331. The van der Waals surface area contributed by atoms with Gasteiger partial charge in [-0.3, -0.25) is 19.1 Å². The third kappa shape index (κ3) is 6.20. The van der Waals surface area contributed by atoms with Crippen molar-refractivity contribution >= 4 is 16.8 Å². The number of piperidine rings is 1. The van der Waals surface area contributed by atoms with Gasteiger partial charge in [0.25, 0.3) is 5.56 Å². The van der Waals surface area contributed by atoms with E-state index < -0.39 is 6.04 Å². The van der Waals surface area contributed by atoms with Crippen molar-refractivity contribution in [2.45, 2.75) is 52.2 Å². The molecule has 1 aliphatic rings. The monoisotopic (exact) mass is 524 g/mol. The van der Waals surface area contributed by atoms with E-state index in [1.165, 1.54) is 16.5 Å². The van der Waals surface area contributed by atoms with Crippen molar-refractivity contribution in [3.8, 4) is 11.5 Å². The molecule has 7 nitrogen and oxygen atoms in total. The Morgan fingerprint density at radius 1 is 1.03 bits per heavy atom.